The molecule has 3 aromatic rings. The molecule has 0 aliphatic rings. The van der Waals surface area contributed by atoms with E-state index in [0.29, 0.717) is 29.3 Å². The Hall–Kier alpha value is -3.19. The van der Waals surface area contributed by atoms with Crippen LogP contribution in [0.1, 0.15) is 17.3 Å². The standard InChI is InChI=1S/C21H22FN3O3/c1-14(13-27-2)23-21(26)19-12-25(17-9-7-16(22)8-10-17)24-20(19)15-5-4-6-18(11-15)28-3/h4-12,14H,13H2,1-3H3,(H,23,26)/t14-/m0/s1. The highest BCUT2D eigenvalue weighted by atomic mass is 19.1. The van der Waals surface area contributed by atoms with E-state index in [4.69, 9.17) is 9.47 Å². The van der Waals surface area contributed by atoms with Crippen LogP contribution in [-0.2, 0) is 4.74 Å². The van der Waals surface area contributed by atoms with E-state index in [2.05, 4.69) is 10.4 Å². The highest BCUT2D eigenvalue weighted by Gasteiger charge is 2.20. The summed E-state index contributed by atoms with van der Waals surface area (Å²) in [7, 11) is 3.16. The number of aromatic nitrogens is 2. The summed E-state index contributed by atoms with van der Waals surface area (Å²) in [5, 5.41) is 7.48. The Morgan fingerprint density at radius 1 is 1.21 bits per heavy atom. The number of nitrogens with one attached hydrogen (secondary N) is 1. The molecule has 1 aromatic heterocycles. The molecule has 28 heavy (non-hydrogen) atoms. The second kappa shape index (κ2) is 8.67. The van der Waals surface area contributed by atoms with Gasteiger partial charge in [0, 0.05) is 24.9 Å². The van der Waals surface area contributed by atoms with E-state index in [1.807, 2.05) is 31.2 Å². The fraction of sp³-hybridized carbons (Fsp3) is 0.238. The molecule has 0 saturated heterocycles. The highest BCUT2D eigenvalue weighted by molar-refractivity contribution is 6.00. The van der Waals surface area contributed by atoms with Gasteiger partial charge in [0.2, 0.25) is 0 Å². The van der Waals surface area contributed by atoms with Gasteiger partial charge in [-0.15, -0.1) is 0 Å². The Morgan fingerprint density at radius 2 is 1.96 bits per heavy atom. The molecule has 146 valence electrons. The number of hydrogen-bond acceptors (Lipinski definition) is 4. The van der Waals surface area contributed by atoms with E-state index >= 15 is 0 Å². The minimum Gasteiger partial charge on any atom is -0.497 e. The van der Waals surface area contributed by atoms with E-state index in [0.717, 1.165) is 5.56 Å². The van der Waals surface area contributed by atoms with Crippen LogP contribution in [0.5, 0.6) is 5.75 Å². The summed E-state index contributed by atoms with van der Waals surface area (Å²) in [4.78, 5) is 12.9. The van der Waals surface area contributed by atoms with Crippen LogP contribution in [0, 0.1) is 5.82 Å². The molecule has 0 aliphatic carbocycles. The minimum atomic E-state index is -0.338. The van der Waals surface area contributed by atoms with Crippen molar-refractivity contribution in [3.05, 3.63) is 66.1 Å². The first kappa shape index (κ1) is 19.6. The number of carbonyl (C=O) groups excluding carboxylic acids is 1. The zero-order valence-corrected chi connectivity index (χ0v) is 16.0. The molecule has 7 heteroatoms. The van der Waals surface area contributed by atoms with Crippen LogP contribution in [-0.4, -0.2) is 42.6 Å². The maximum absolute atomic E-state index is 13.3. The van der Waals surface area contributed by atoms with Crippen molar-refractivity contribution >= 4 is 5.91 Å². The average Bonchev–Trinajstić information content (AvgIpc) is 3.14. The number of benzene rings is 2. The van der Waals surface area contributed by atoms with Crippen LogP contribution in [0.4, 0.5) is 4.39 Å². The molecule has 1 amide bonds. The van der Waals surface area contributed by atoms with Gasteiger partial charge in [-0.05, 0) is 43.3 Å². The van der Waals surface area contributed by atoms with Gasteiger partial charge in [-0.1, -0.05) is 12.1 Å². The largest absolute Gasteiger partial charge is 0.497 e. The van der Waals surface area contributed by atoms with Crippen molar-refractivity contribution in [3.63, 3.8) is 0 Å². The molecule has 1 heterocycles. The van der Waals surface area contributed by atoms with Gasteiger partial charge in [0.15, 0.2) is 0 Å². The van der Waals surface area contributed by atoms with Gasteiger partial charge in [-0.25, -0.2) is 9.07 Å². The summed E-state index contributed by atoms with van der Waals surface area (Å²) >= 11 is 0. The minimum absolute atomic E-state index is 0.162. The predicted octanol–water partition coefficient (Wildman–Crippen LogP) is 3.45. The van der Waals surface area contributed by atoms with Gasteiger partial charge in [0.1, 0.15) is 17.3 Å². The highest BCUT2D eigenvalue weighted by Crippen LogP contribution is 2.27. The lowest BCUT2D eigenvalue weighted by Gasteiger charge is -2.12. The lowest BCUT2D eigenvalue weighted by molar-refractivity contribution is 0.0906. The number of rotatable bonds is 7. The van der Waals surface area contributed by atoms with E-state index in [9.17, 15) is 9.18 Å². The van der Waals surface area contributed by atoms with Crippen molar-refractivity contribution in [2.45, 2.75) is 13.0 Å². The average molecular weight is 383 g/mol. The molecule has 3 rings (SSSR count). The first-order chi connectivity index (χ1) is 13.5. The number of carbonyl (C=O) groups is 1. The summed E-state index contributed by atoms with van der Waals surface area (Å²) < 4.78 is 25.2. The lowest BCUT2D eigenvalue weighted by Crippen LogP contribution is -2.35. The molecule has 0 saturated carbocycles. The van der Waals surface area contributed by atoms with Gasteiger partial charge >= 0.3 is 0 Å². The number of hydrogen-bond donors (Lipinski definition) is 1. The molecule has 1 atom stereocenters. The first-order valence-electron chi connectivity index (χ1n) is 8.81. The third kappa shape index (κ3) is 4.37. The zero-order valence-electron chi connectivity index (χ0n) is 16.0. The smallest absolute Gasteiger partial charge is 0.255 e. The molecule has 0 spiro atoms. The summed E-state index contributed by atoms with van der Waals surface area (Å²) in [6, 6.07) is 13.1. The number of halogens is 1. The van der Waals surface area contributed by atoms with Crippen molar-refractivity contribution in [2.24, 2.45) is 0 Å². The van der Waals surface area contributed by atoms with Crippen molar-refractivity contribution in [1.29, 1.82) is 0 Å². The predicted molar refractivity (Wildman–Crippen MR) is 104 cm³/mol. The second-order valence-electron chi connectivity index (χ2n) is 6.37. The Labute approximate surface area is 162 Å². The quantitative estimate of drug-likeness (QED) is 0.679. The van der Waals surface area contributed by atoms with Gasteiger partial charge in [0.25, 0.3) is 5.91 Å². The molecular weight excluding hydrogens is 361 g/mol. The van der Waals surface area contributed by atoms with Crippen LogP contribution < -0.4 is 10.1 Å². The number of methoxy groups -OCH3 is 2. The number of ether oxygens (including phenoxy) is 2. The Balaban J connectivity index is 2.04. The van der Waals surface area contributed by atoms with E-state index in [-0.39, 0.29) is 17.8 Å². The van der Waals surface area contributed by atoms with Crippen molar-refractivity contribution in [1.82, 2.24) is 15.1 Å². The fourth-order valence-corrected chi connectivity index (χ4v) is 2.84. The maximum atomic E-state index is 13.3. The molecule has 0 bridgehead atoms. The second-order valence-corrected chi connectivity index (χ2v) is 6.37. The normalized spacial score (nSPS) is 11.9. The molecule has 0 aliphatic heterocycles. The van der Waals surface area contributed by atoms with Gasteiger partial charge in [0.05, 0.1) is 25.0 Å². The van der Waals surface area contributed by atoms with Crippen molar-refractivity contribution < 1.29 is 18.7 Å². The number of amides is 1. The lowest BCUT2D eigenvalue weighted by atomic mass is 10.1. The Morgan fingerprint density at radius 3 is 2.64 bits per heavy atom. The molecule has 0 fully saturated rings. The van der Waals surface area contributed by atoms with Gasteiger partial charge in [-0.2, -0.15) is 5.10 Å². The molecule has 6 nitrogen and oxygen atoms in total. The van der Waals surface area contributed by atoms with Gasteiger partial charge in [-0.3, -0.25) is 4.79 Å². The van der Waals surface area contributed by atoms with Crippen molar-refractivity contribution in [3.8, 4) is 22.7 Å². The third-order valence-electron chi connectivity index (χ3n) is 4.19. The first-order valence-corrected chi connectivity index (χ1v) is 8.81. The van der Waals surface area contributed by atoms with E-state index in [1.54, 1.807) is 37.2 Å². The van der Waals surface area contributed by atoms with Crippen LogP contribution >= 0.6 is 0 Å². The van der Waals surface area contributed by atoms with E-state index in [1.165, 1.54) is 12.1 Å². The van der Waals surface area contributed by atoms with Crippen LogP contribution in [0.3, 0.4) is 0 Å². The zero-order chi connectivity index (χ0) is 20.1. The fourth-order valence-electron chi connectivity index (χ4n) is 2.84. The maximum Gasteiger partial charge on any atom is 0.255 e. The summed E-state index contributed by atoms with van der Waals surface area (Å²) in [6.45, 7) is 2.25. The molecule has 2 aromatic carbocycles. The SMILES string of the molecule is COC[C@H](C)NC(=O)c1cn(-c2ccc(F)cc2)nc1-c1cccc(OC)c1. The van der Waals surface area contributed by atoms with Crippen LogP contribution in [0.2, 0.25) is 0 Å². The summed E-state index contributed by atoms with van der Waals surface area (Å²) in [5.74, 6) is 0.0546. The Kier molecular flexibility index (Phi) is 6.06. The summed E-state index contributed by atoms with van der Waals surface area (Å²) in [5.41, 5.74) is 2.30. The van der Waals surface area contributed by atoms with Crippen LogP contribution in [0.25, 0.3) is 16.9 Å². The Bertz CT molecular complexity index is 954. The van der Waals surface area contributed by atoms with Gasteiger partial charge < -0.3 is 14.8 Å². The monoisotopic (exact) mass is 383 g/mol. The third-order valence-corrected chi connectivity index (χ3v) is 4.19. The molecule has 1 N–H and O–H groups in total. The molecule has 0 unspecified atom stereocenters. The summed E-state index contributed by atoms with van der Waals surface area (Å²) in [6.07, 6.45) is 1.64. The molecular formula is C21H22FN3O3. The van der Waals surface area contributed by atoms with E-state index < -0.39 is 0 Å². The topological polar surface area (TPSA) is 65.4 Å². The number of nitrogens with zero attached hydrogens (tertiary/aromatic N) is 2. The van der Waals surface area contributed by atoms with Crippen LogP contribution in [0.15, 0.2) is 54.7 Å². The van der Waals surface area contributed by atoms with Crippen molar-refractivity contribution in [2.75, 3.05) is 20.8 Å². The molecule has 0 radical (unpaired) electrons.